The van der Waals surface area contributed by atoms with Crippen LogP contribution in [-0.4, -0.2) is 18.5 Å². The molecule has 1 rings (SSSR count). The normalized spacial score (nSPS) is 21.5. The summed E-state index contributed by atoms with van der Waals surface area (Å²) in [7, 11) is 1.63. The lowest BCUT2D eigenvalue weighted by molar-refractivity contribution is 1.37. The van der Waals surface area contributed by atoms with Gasteiger partial charge in [-0.2, -0.15) is 0 Å². The van der Waals surface area contributed by atoms with Gasteiger partial charge >= 0.3 is 0 Å². The lowest BCUT2D eigenvalue weighted by Crippen LogP contribution is -2.21. The van der Waals surface area contributed by atoms with Crippen molar-refractivity contribution in [3.05, 3.63) is 23.9 Å². The van der Waals surface area contributed by atoms with Gasteiger partial charge in [-0.25, -0.2) is 0 Å². The Morgan fingerprint density at radius 1 is 1.60 bits per heavy atom. The summed E-state index contributed by atoms with van der Waals surface area (Å²) in [5, 5.41) is 7.34. The van der Waals surface area contributed by atoms with Crippen LogP contribution in [0.25, 0.3) is 0 Å². The fourth-order valence-corrected chi connectivity index (χ4v) is 0.811. The second kappa shape index (κ2) is 2.47. The van der Waals surface area contributed by atoms with Crippen LogP contribution in [0.5, 0.6) is 0 Å². The van der Waals surface area contributed by atoms with E-state index in [1.54, 1.807) is 25.3 Å². The molecular formula is C7H9N3. The molecule has 0 aromatic rings. The van der Waals surface area contributed by atoms with Crippen molar-refractivity contribution in [3.63, 3.8) is 0 Å². The number of nitrogens with zero attached hydrogens (tertiary/aromatic N) is 1. The summed E-state index contributed by atoms with van der Waals surface area (Å²) in [5.41, 5.74) is 7.03. The van der Waals surface area contributed by atoms with E-state index in [9.17, 15) is 0 Å². The number of allylic oxidation sites excluding steroid dienone is 4. The first-order chi connectivity index (χ1) is 4.75. The highest BCUT2D eigenvalue weighted by Gasteiger charge is 2.08. The van der Waals surface area contributed by atoms with Crippen molar-refractivity contribution in [2.45, 2.75) is 0 Å². The van der Waals surface area contributed by atoms with Gasteiger partial charge in [-0.05, 0) is 12.2 Å². The zero-order valence-electron chi connectivity index (χ0n) is 5.76. The third-order valence-electron chi connectivity index (χ3n) is 1.29. The van der Waals surface area contributed by atoms with E-state index >= 15 is 0 Å². The molecule has 0 aromatic heterocycles. The molecule has 3 nitrogen and oxygen atoms in total. The quantitative estimate of drug-likeness (QED) is 0.466. The Hall–Kier alpha value is -1.38. The third-order valence-corrected chi connectivity index (χ3v) is 1.29. The zero-order valence-corrected chi connectivity index (χ0v) is 5.76. The Balaban J connectivity index is 3.04. The molecule has 0 heterocycles. The van der Waals surface area contributed by atoms with Gasteiger partial charge in [-0.1, -0.05) is 6.08 Å². The van der Waals surface area contributed by atoms with E-state index in [0.717, 1.165) is 0 Å². The highest BCUT2D eigenvalue weighted by molar-refractivity contribution is 6.51. The summed E-state index contributed by atoms with van der Waals surface area (Å²) in [4.78, 5) is 3.86. The minimum atomic E-state index is 0.377. The van der Waals surface area contributed by atoms with Crippen LogP contribution in [0.4, 0.5) is 0 Å². The SMILES string of the molecule is C/N=C1\C(=N)C=CC=C1N. The maximum Gasteiger partial charge on any atom is 0.105 e. The number of rotatable bonds is 0. The van der Waals surface area contributed by atoms with Gasteiger partial charge in [0.2, 0.25) is 0 Å². The van der Waals surface area contributed by atoms with Gasteiger partial charge in [-0.15, -0.1) is 0 Å². The minimum absolute atomic E-state index is 0.377. The summed E-state index contributed by atoms with van der Waals surface area (Å²) >= 11 is 0. The van der Waals surface area contributed by atoms with Gasteiger partial charge in [-0.3, -0.25) is 10.4 Å². The molecule has 0 radical (unpaired) electrons. The average molecular weight is 135 g/mol. The third kappa shape index (κ3) is 0.978. The predicted molar refractivity (Wildman–Crippen MR) is 42.5 cm³/mol. The second-order valence-electron chi connectivity index (χ2n) is 1.97. The van der Waals surface area contributed by atoms with Crippen LogP contribution in [0.3, 0.4) is 0 Å². The van der Waals surface area contributed by atoms with E-state index in [-0.39, 0.29) is 0 Å². The minimum Gasteiger partial charge on any atom is -0.397 e. The molecular weight excluding hydrogens is 126 g/mol. The first-order valence-corrected chi connectivity index (χ1v) is 2.95. The number of aliphatic imine (C=N–C) groups is 1. The molecule has 0 saturated heterocycles. The van der Waals surface area contributed by atoms with Crippen LogP contribution in [0.15, 0.2) is 28.9 Å². The van der Waals surface area contributed by atoms with E-state index in [1.807, 2.05) is 0 Å². The zero-order chi connectivity index (χ0) is 7.56. The summed E-state index contributed by atoms with van der Waals surface area (Å²) in [5.74, 6) is 0. The molecule has 52 valence electrons. The van der Waals surface area contributed by atoms with E-state index in [2.05, 4.69) is 4.99 Å². The van der Waals surface area contributed by atoms with E-state index < -0.39 is 0 Å². The van der Waals surface area contributed by atoms with Gasteiger partial charge in [0.05, 0.1) is 11.4 Å². The lowest BCUT2D eigenvalue weighted by atomic mass is 10.1. The van der Waals surface area contributed by atoms with Crippen molar-refractivity contribution in [1.29, 1.82) is 5.41 Å². The van der Waals surface area contributed by atoms with E-state index in [1.165, 1.54) is 0 Å². The molecule has 0 fully saturated rings. The molecule has 3 N–H and O–H groups in total. The maximum atomic E-state index is 7.34. The van der Waals surface area contributed by atoms with Crippen molar-refractivity contribution in [2.24, 2.45) is 10.7 Å². The smallest absolute Gasteiger partial charge is 0.105 e. The van der Waals surface area contributed by atoms with Gasteiger partial charge in [0.25, 0.3) is 0 Å². The maximum absolute atomic E-state index is 7.34. The van der Waals surface area contributed by atoms with Crippen molar-refractivity contribution in [2.75, 3.05) is 7.05 Å². The Bertz CT molecular complexity index is 246. The van der Waals surface area contributed by atoms with E-state index in [4.69, 9.17) is 11.1 Å². The van der Waals surface area contributed by atoms with E-state index in [0.29, 0.717) is 17.1 Å². The van der Waals surface area contributed by atoms with Gasteiger partial charge in [0, 0.05) is 7.05 Å². The summed E-state index contributed by atoms with van der Waals surface area (Å²) in [6.45, 7) is 0. The van der Waals surface area contributed by atoms with Crippen LogP contribution in [0.1, 0.15) is 0 Å². The molecule has 0 aromatic carbocycles. The Labute approximate surface area is 59.5 Å². The first kappa shape index (κ1) is 6.74. The van der Waals surface area contributed by atoms with Crippen LogP contribution >= 0.6 is 0 Å². The van der Waals surface area contributed by atoms with Crippen LogP contribution in [0, 0.1) is 5.41 Å². The van der Waals surface area contributed by atoms with Crippen molar-refractivity contribution in [3.8, 4) is 0 Å². The highest BCUT2D eigenvalue weighted by Crippen LogP contribution is 2.00. The molecule has 1 aliphatic carbocycles. The number of nitrogens with one attached hydrogen (secondary N) is 1. The van der Waals surface area contributed by atoms with Gasteiger partial charge < -0.3 is 5.73 Å². The van der Waals surface area contributed by atoms with Crippen molar-refractivity contribution in [1.82, 2.24) is 0 Å². The Morgan fingerprint density at radius 3 is 2.70 bits per heavy atom. The van der Waals surface area contributed by atoms with Crippen molar-refractivity contribution >= 4 is 11.4 Å². The molecule has 0 unspecified atom stereocenters. The first-order valence-electron chi connectivity index (χ1n) is 2.95. The molecule has 0 atom stereocenters. The molecule has 3 heteroatoms. The van der Waals surface area contributed by atoms with Crippen LogP contribution in [0.2, 0.25) is 0 Å². The monoisotopic (exact) mass is 135 g/mol. The summed E-state index contributed by atoms with van der Waals surface area (Å²) in [6.07, 6.45) is 5.14. The van der Waals surface area contributed by atoms with Crippen molar-refractivity contribution < 1.29 is 0 Å². The lowest BCUT2D eigenvalue weighted by Gasteiger charge is -2.06. The molecule has 0 amide bonds. The molecule has 1 aliphatic rings. The standard InChI is InChI=1S/C7H9N3/c1-10-7-5(8)3-2-4-6(7)9/h2-4,8H,9H2,1H3/b8-5?,10-7+. The summed E-state index contributed by atoms with van der Waals surface area (Å²) in [6, 6.07) is 0. The summed E-state index contributed by atoms with van der Waals surface area (Å²) < 4.78 is 0. The Morgan fingerprint density at radius 2 is 2.30 bits per heavy atom. The van der Waals surface area contributed by atoms with Gasteiger partial charge in [0.15, 0.2) is 0 Å². The fraction of sp³-hybridized carbons (Fsp3) is 0.143. The van der Waals surface area contributed by atoms with Gasteiger partial charge in [0.1, 0.15) is 5.71 Å². The topological polar surface area (TPSA) is 62.2 Å². The predicted octanol–water partition coefficient (Wildman–Crippen LogP) is 0.489. The highest BCUT2D eigenvalue weighted by atomic mass is 14.8. The number of hydrogen-bond acceptors (Lipinski definition) is 3. The number of hydrogen-bond donors (Lipinski definition) is 2. The Kier molecular flexibility index (Phi) is 1.67. The second-order valence-corrected chi connectivity index (χ2v) is 1.97. The molecule has 0 bridgehead atoms. The largest absolute Gasteiger partial charge is 0.397 e. The molecule has 0 aliphatic heterocycles. The van der Waals surface area contributed by atoms with Crippen LogP contribution in [-0.2, 0) is 0 Å². The van der Waals surface area contributed by atoms with Crippen LogP contribution < -0.4 is 5.73 Å². The average Bonchev–Trinajstić information content (AvgIpc) is 1.88. The number of nitrogens with two attached hydrogens (primary N) is 1. The molecule has 0 spiro atoms. The molecule has 0 saturated carbocycles. The molecule has 10 heavy (non-hydrogen) atoms. The fourth-order valence-electron chi connectivity index (χ4n) is 0.811.